The Balaban J connectivity index is 2.36. The number of carbonyl (C=O) groups is 1. The summed E-state index contributed by atoms with van der Waals surface area (Å²) in [5, 5.41) is 0.401. The minimum atomic E-state index is -3.83. The van der Waals surface area contributed by atoms with Crippen molar-refractivity contribution in [2.75, 3.05) is 4.72 Å². The van der Waals surface area contributed by atoms with Crippen LogP contribution in [-0.2, 0) is 10.0 Å². The maximum Gasteiger partial charge on any atom is 0.261 e. The SMILES string of the molecule is CC(=O)c1ccc(S(=O)(=O)Nc2c(Cl)cccc2Cl)cc1. The lowest BCUT2D eigenvalue weighted by Gasteiger charge is -2.11. The van der Waals surface area contributed by atoms with Crippen LogP contribution in [0.4, 0.5) is 5.69 Å². The average Bonchev–Trinajstić information content (AvgIpc) is 2.43. The van der Waals surface area contributed by atoms with Gasteiger partial charge in [0.25, 0.3) is 10.0 Å². The molecule has 1 N–H and O–H groups in total. The van der Waals surface area contributed by atoms with E-state index in [1.807, 2.05) is 0 Å². The summed E-state index contributed by atoms with van der Waals surface area (Å²) < 4.78 is 26.9. The first-order valence-electron chi connectivity index (χ1n) is 5.89. The molecule has 0 radical (unpaired) electrons. The topological polar surface area (TPSA) is 63.2 Å². The third-order valence-electron chi connectivity index (χ3n) is 2.77. The number of ketones is 1. The van der Waals surface area contributed by atoms with E-state index in [1.165, 1.54) is 43.3 Å². The monoisotopic (exact) mass is 343 g/mol. The molecule has 0 aliphatic heterocycles. The highest BCUT2D eigenvalue weighted by Gasteiger charge is 2.17. The highest BCUT2D eigenvalue weighted by Crippen LogP contribution is 2.31. The fraction of sp³-hybridized carbons (Fsp3) is 0.0714. The normalized spacial score (nSPS) is 11.2. The Morgan fingerprint density at radius 2 is 1.52 bits per heavy atom. The van der Waals surface area contributed by atoms with E-state index in [-0.39, 0.29) is 26.4 Å². The number of halogens is 2. The second-order valence-corrected chi connectivity index (χ2v) is 6.78. The lowest BCUT2D eigenvalue weighted by atomic mass is 10.2. The summed E-state index contributed by atoms with van der Waals surface area (Å²) in [6.07, 6.45) is 0. The molecule has 0 heterocycles. The first kappa shape index (κ1) is 15.8. The first-order chi connectivity index (χ1) is 9.81. The van der Waals surface area contributed by atoms with Crippen molar-refractivity contribution in [2.24, 2.45) is 0 Å². The van der Waals surface area contributed by atoms with Crippen molar-refractivity contribution in [1.29, 1.82) is 0 Å². The minimum absolute atomic E-state index is 0.0171. The standard InChI is InChI=1S/C14H11Cl2NO3S/c1-9(18)10-5-7-11(8-6-10)21(19,20)17-14-12(15)3-2-4-13(14)16/h2-8,17H,1H3. The number of hydrogen-bond donors (Lipinski definition) is 1. The van der Waals surface area contributed by atoms with Gasteiger partial charge in [0.1, 0.15) is 0 Å². The Morgan fingerprint density at radius 3 is 2.00 bits per heavy atom. The van der Waals surface area contributed by atoms with E-state index in [0.29, 0.717) is 5.56 Å². The van der Waals surface area contributed by atoms with Crippen LogP contribution in [0.15, 0.2) is 47.4 Å². The van der Waals surface area contributed by atoms with Gasteiger partial charge in [0.05, 0.1) is 20.6 Å². The third kappa shape index (κ3) is 3.56. The minimum Gasteiger partial charge on any atom is -0.295 e. The van der Waals surface area contributed by atoms with Crippen molar-refractivity contribution in [3.05, 3.63) is 58.1 Å². The third-order valence-corrected chi connectivity index (χ3v) is 4.77. The predicted molar refractivity (Wildman–Crippen MR) is 83.7 cm³/mol. The largest absolute Gasteiger partial charge is 0.295 e. The summed E-state index contributed by atoms with van der Waals surface area (Å²) in [4.78, 5) is 11.2. The van der Waals surface area contributed by atoms with Crippen LogP contribution >= 0.6 is 23.2 Å². The quantitative estimate of drug-likeness (QED) is 0.853. The maximum absolute atomic E-state index is 12.3. The molecule has 0 spiro atoms. The van der Waals surface area contributed by atoms with Crippen LogP contribution in [0.2, 0.25) is 10.0 Å². The first-order valence-corrected chi connectivity index (χ1v) is 8.13. The Labute approximate surface area is 132 Å². The number of Topliss-reactive ketones (excluding diaryl/α,β-unsaturated/α-hetero) is 1. The van der Waals surface area contributed by atoms with E-state index in [9.17, 15) is 13.2 Å². The zero-order valence-electron chi connectivity index (χ0n) is 10.9. The van der Waals surface area contributed by atoms with Gasteiger partial charge in [-0.25, -0.2) is 8.42 Å². The van der Waals surface area contributed by atoms with Crippen LogP contribution in [0.1, 0.15) is 17.3 Å². The molecular weight excluding hydrogens is 333 g/mol. The second-order valence-electron chi connectivity index (χ2n) is 4.28. The van der Waals surface area contributed by atoms with Crippen LogP contribution in [0.5, 0.6) is 0 Å². The molecule has 0 bridgehead atoms. The molecule has 0 fully saturated rings. The van der Waals surface area contributed by atoms with Crippen LogP contribution in [-0.4, -0.2) is 14.2 Å². The molecule has 4 nitrogen and oxygen atoms in total. The molecule has 0 aliphatic rings. The molecule has 0 aliphatic carbocycles. The molecule has 2 aromatic rings. The molecule has 0 saturated carbocycles. The molecule has 0 atom stereocenters. The van der Waals surface area contributed by atoms with E-state index < -0.39 is 10.0 Å². The Morgan fingerprint density at radius 1 is 1.00 bits per heavy atom. The number of sulfonamides is 1. The van der Waals surface area contributed by atoms with Crippen molar-refractivity contribution < 1.29 is 13.2 Å². The predicted octanol–water partition coefficient (Wildman–Crippen LogP) is 4.00. The molecule has 21 heavy (non-hydrogen) atoms. The molecule has 0 aromatic heterocycles. The molecule has 110 valence electrons. The Kier molecular flexibility index (Phi) is 4.56. The van der Waals surface area contributed by atoms with E-state index in [4.69, 9.17) is 23.2 Å². The molecule has 0 unspecified atom stereocenters. The van der Waals surface area contributed by atoms with Crippen molar-refractivity contribution >= 4 is 44.7 Å². The van der Waals surface area contributed by atoms with Crippen LogP contribution in [0.25, 0.3) is 0 Å². The lowest BCUT2D eigenvalue weighted by molar-refractivity contribution is 0.101. The summed E-state index contributed by atoms with van der Waals surface area (Å²) in [5.74, 6) is -0.138. The van der Waals surface area contributed by atoms with Gasteiger partial charge in [0.2, 0.25) is 0 Å². The van der Waals surface area contributed by atoms with Crippen LogP contribution in [0.3, 0.4) is 0 Å². The molecule has 2 aromatic carbocycles. The van der Waals surface area contributed by atoms with E-state index in [0.717, 1.165) is 0 Å². The molecule has 2 rings (SSSR count). The van der Waals surface area contributed by atoms with E-state index in [1.54, 1.807) is 6.07 Å². The molecule has 0 amide bonds. The molecule has 0 saturated heterocycles. The summed E-state index contributed by atoms with van der Waals surface area (Å²) in [7, 11) is -3.83. The van der Waals surface area contributed by atoms with E-state index in [2.05, 4.69) is 4.72 Å². The van der Waals surface area contributed by atoms with Crippen molar-refractivity contribution in [3.63, 3.8) is 0 Å². The smallest absolute Gasteiger partial charge is 0.261 e. The average molecular weight is 344 g/mol. The number of anilines is 1. The van der Waals surface area contributed by atoms with Crippen molar-refractivity contribution in [2.45, 2.75) is 11.8 Å². The number of nitrogens with one attached hydrogen (secondary N) is 1. The number of hydrogen-bond acceptors (Lipinski definition) is 3. The molecule has 7 heteroatoms. The van der Waals surface area contributed by atoms with E-state index >= 15 is 0 Å². The summed E-state index contributed by atoms with van der Waals surface area (Å²) in [6, 6.07) is 10.3. The summed E-state index contributed by atoms with van der Waals surface area (Å²) in [6.45, 7) is 1.41. The number of benzene rings is 2. The number of carbonyl (C=O) groups excluding carboxylic acids is 1. The van der Waals surface area contributed by atoms with Crippen molar-refractivity contribution in [3.8, 4) is 0 Å². The van der Waals surface area contributed by atoms with Gasteiger partial charge in [0, 0.05) is 5.56 Å². The maximum atomic E-state index is 12.3. The zero-order chi connectivity index (χ0) is 15.6. The van der Waals surface area contributed by atoms with Gasteiger partial charge >= 0.3 is 0 Å². The fourth-order valence-electron chi connectivity index (χ4n) is 1.66. The zero-order valence-corrected chi connectivity index (χ0v) is 13.3. The van der Waals surface area contributed by atoms with Gasteiger partial charge < -0.3 is 0 Å². The fourth-order valence-corrected chi connectivity index (χ4v) is 3.36. The summed E-state index contributed by atoms with van der Waals surface area (Å²) >= 11 is 11.9. The van der Waals surface area contributed by atoms with Crippen LogP contribution < -0.4 is 4.72 Å². The van der Waals surface area contributed by atoms with Gasteiger partial charge in [0.15, 0.2) is 5.78 Å². The van der Waals surface area contributed by atoms with Gasteiger partial charge in [-0.1, -0.05) is 41.4 Å². The van der Waals surface area contributed by atoms with Gasteiger partial charge in [-0.15, -0.1) is 0 Å². The highest BCUT2D eigenvalue weighted by atomic mass is 35.5. The van der Waals surface area contributed by atoms with Crippen molar-refractivity contribution in [1.82, 2.24) is 0 Å². The number of para-hydroxylation sites is 1. The van der Waals surface area contributed by atoms with Crippen LogP contribution in [0, 0.1) is 0 Å². The van der Waals surface area contributed by atoms with Gasteiger partial charge in [-0.2, -0.15) is 0 Å². The molecular formula is C14H11Cl2NO3S. The number of rotatable bonds is 4. The highest BCUT2D eigenvalue weighted by molar-refractivity contribution is 7.92. The summed E-state index contributed by atoms with van der Waals surface area (Å²) in [5.41, 5.74) is 0.557. The Hall–Kier alpha value is -1.56. The van der Waals surface area contributed by atoms with Gasteiger partial charge in [-0.3, -0.25) is 9.52 Å². The second kappa shape index (κ2) is 6.05. The Bertz CT molecular complexity index is 766. The van der Waals surface area contributed by atoms with Gasteiger partial charge in [-0.05, 0) is 31.2 Å². The lowest BCUT2D eigenvalue weighted by Crippen LogP contribution is -2.13.